The number of fused-ring (bicyclic) bond motifs is 1. The van der Waals surface area contributed by atoms with Crippen LogP contribution >= 0.6 is 11.6 Å². The largest absolute Gasteiger partial charge is 0.338 e. The minimum absolute atomic E-state index is 0.0332. The highest BCUT2D eigenvalue weighted by atomic mass is 35.5. The quantitative estimate of drug-likeness (QED) is 0.870. The molecule has 0 bridgehead atoms. The number of halogens is 2. The topological polar surface area (TPSA) is 51.0 Å². The third-order valence-electron chi connectivity index (χ3n) is 3.84. The van der Waals surface area contributed by atoms with Gasteiger partial charge in [0.25, 0.3) is 0 Å². The normalized spacial score (nSPS) is 14.0. The number of hydrogen-bond donors (Lipinski definition) is 0. The highest BCUT2D eigenvalue weighted by Crippen LogP contribution is 2.27. The van der Waals surface area contributed by atoms with E-state index in [1.807, 2.05) is 6.92 Å². The van der Waals surface area contributed by atoms with Gasteiger partial charge in [0.05, 0.1) is 12.1 Å². The number of benzene rings is 1. The van der Waals surface area contributed by atoms with Gasteiger partial charge in [0.15, 0.2) is 0 Å². The summed E-state index contributed by atoms with van der Waals surface area (Å²) in [5.41, 5.74) is 2.36. The molecule has 1 aromatic heterocycles. The van der Waals surface area contributed by atoms with Crippen molar-refractivity contribution in [2.75, 3.05) is 6.54 Å². The van der Waals surface area contributed by atoms with Crippen molar-refractivity contribution in [1.29, 1.82) is 0 Å². The molecule has 7 heteroatoms. The molecule has 1 amide bonds. The summed E-state index contributed by atoms with van der Waals surface area (Å²) in [7, 11) is 0. The zero-order valence-electron chi connectivity index (χ0n) is 12.2. The summed E-state index contributed by atoms with van der Waals surface area (Å²) in [6, 6.07) is 2.77. The van der Waals surface area contributed by atoms with Gasteiger partial charge in [-0.1, -0.05) is 16.8 Å². The van der Waals surface area contributed by atoms with Crippen LogP contribution in [-0.4, -0.2) is 32.3 Å². The number of nitrogens with zero attached hydrogens (tertiary/aromatic N) is 4. The fourth-order valence-electron chi connectivity index (χ4n) is 2.66. The van der Waals surface area contributed by atoms with Crippen LogP contribution in [0.2, 0.25) is 5.02 Å². The van der Waals surface area contributed by atoms with Crippen molar-refractivity contribution in [3.63, 3.8) is 0 Å². The average Bonchev–Trinajstić information content (AvgIpc) is 2.94. The Balaban J connectivity index is 1.72. The van der Waals surface area contributed by atoms with Gasteiger partial charge in [0.1, 0.15) is 5.82 Å². The third-order valence-corrected chi connectivity index (χ3v) is 4.18. The van der Waals surface area contributed by atoms with Crippen LogP contribution in [-0.2, 0) is 30.7 Å². The molecular weight excluding hydrogens is 307 g/mol. The monoisotopic (exact) mass is 322 g/mol. The summed E-state index contributed by atoms with van der Waals surface area (Å²) < 4.78 is 15.1. The predicted molar refractivity (Wildman–Crippen MR) is 79.9 cm³/mol. The van der Waals surface area contributed by atoms with Crippen LogP contribution in [0.4, 0.5) is 4.39 Å². The van der Waals surface area contributed by atoms with Gasteiger partial charge in [-0.3, -0.25) is 9.48 Å². The van der Waals surface area contributed by atoms with Gasteiger partial charge in [-0.15, -0.1) is 5.10 Å². The Morgan fingerprint density at radius 3 is 3.00 bits per heavy atom. The van der Waals surface area contributed by atoms with E-state index in [0.717, 1.165) is 17.7 Å². The van der Waals surface area contributed by atoms with E-state index in [0.29, 0.717) is 30.2 Å². The molecule has 0 saturated heterocycles. The number of hydrogen-bond acceptors (Lipinski definition) is 3. The first-order valence-electron chi connectivity index (χ1n) is 7.20. The molecule has 0 saturated carbocycles. The molecule has 2 aromatic rings. The van der Waals surface area contributed by atoms with Crippen LogP contribution in [0.3, 0.4) is 0 Å². The van der Waals surface area contributed by atoms with Crippen LogP contribution in [0.25, 0.3) is 0 Å². The van der Waals surface area contributed by atoms with Gasteiger partial charge in [-0.25, -0.2) is 4.39 Å². The molecule has 3 rings (SSSR count). The number of aryl methyl sites for hydroxylation is 1. The number of carbonyl (C=O) groups is 1. The minimum Gasteiger partial charge on any atom is -0.338 e. The number of amides is 1. The lowest BCUT2D eigenvalue weighted by molar-refractivity contribution is -0.131. The van der Waals surface area contributed by atoms with Crippen molar-refractivity contribution < 1.29 is 9.18 Å². The molecule has 0 radical (unpaired) electrons. The van der Waals surface area contributed by atoms with Gasteiger partial charge in [-0.05, 0) is 36.6 Å². The fourth-order valence-corrected chi connectivity index (χ4v) is 2.98. The molecule has 0 unspecified atom stereocenters. The standard InChI is InChI=1S/C15H16ClFN4O/c1-2-21-9-12(18-19-21)7-15(22)20-4-3-13-10(8-20)5-11(17)6-14(13)16/h5-6,9H,2-4,7-8H2,1H3. The Kier molecular flexibility index (Phi) is 4.11. The maximum Gasteiger partial charge on any atom is 0.229 e. The lowest BCUT2D eigenvalue weighted by Crippen LogP contribution is -2.37. The molecular formula is C15H16ClFN4O. The molecule has 0 fully saturated rings. The van der Waals surface area contributed by atoms with Crippen LogP contribution in [0.5, 0.6) is 0 Å². The van der Waals surface area contributed by atoms with Crippen molar-refractivity contribution in [3.05, 3.63) is 46.0 Å². The van der Waals surface area contributed by atoms with Crippen LogP contribution in [0.15, 0.2) is 18.3 Å². The first kappa shape index (κ1) is 15.0. The molecule has 1 aliphatic rings. The smallest absolute Gasteiger partial charge is 0.229 e. The molecule has 1 aromatic carbocycles. The Morgan fingerprint density at radius 1 is 1.45 bits per heavy atom. The Hall–Kier alpha value is -1.95. The summed E-state index contributed by atoms with van der Waals surface area (Å²) >= 11 is 6.06. The van der Waals surface area contributed by atoms with Crippen LogP contribution in [0.1, 0.15) is 23.7 Å². The number of aromatic nitrogens is 3. The highest BCUT2D eigenvalue weighted by molar-refractivity contribution is 6.31. The third kappa shape index (κ3) is 2.97. The minimum atomic E-state index is -0.371. The van der Waals surface area contributed by atoms with E-state index in [-0.39, 0.29) is 18.1 Å². The molecule has 116 valence electrons. The maximum atomic E-state index is 13.5. The second-order valence-electron chi connectivity index (χ2n) is 5.33. The van der Waals surface area contributed by atoms with E-state index in [4.69, 9.17) is 11.6 Å². The van der Waals surface area contributed by atoms with Crippen molar-refractivity contribution >= 4 is 17.5 Å². The number of carbonyl (C=O) groups excluding carboxylic acids is 1. The Labute approximate surface area is 132 Å². The predicted octanol–water partition coefficient (Wildman–Crippen LogP) is 2.22. The van der Waals surface area contributed by atoms with E-state index < -0.39 is 0 Å². The maximum absolute atomic E-state index is 13.5. The van der Waals surface area contributed by atoms with Crippen LogP contribution < -0.4 is 0 Å². The lowest BCUT2D eigenvalue weighted by Gasteiger charge is -2.29. The van der Waals surface area contributed by atoms with E-state index in [1.54, 1.807) is 15.8 Å². The Morgan fingerprint density at radius 2 is 2.27 bits per heavy atom. The summed E-state index contributed by atoms with van der Waals surface area (Å²) in [6.45, 7) is 3.64. The zero-order valence-corrected chi connectivity index (χ0v) is 13.0. The highest BCUT2D eigenvalue weighted by Gasteiger charge is 2.23. The second-order valence-corrected chi connectivity index (χ2v) is 5.74. The fraction of sp³-hybridized carbons (Fsp3) is 0.400. The van der Waals surface area contributed by atoms with Gasteiger partial charge < -0.3 is 4.90 Å². The lowest BCUT2D eigenvalue weighted by atomic mass is 9.99. The average molecular weight is 323 g/mol. The summed E-state index contributed by atoms with van der Waals surface area (Å²) in [6.07, 6.45) is 2.62. The molecule has 2 heterocycles. The van der Waals surface area contributed by atoms with E-state index in [2.05, 4.69) is 10.3 Å². The summed E-state index contributed by atoms with van der Waals surface area (Å²) in [4.78, 5) is 14.1. The van der Waals surface area contributed by atoms with Crippen molar-refractivity contribution in [2.24, 2.45) is 0 Å². The van der Waals surface area contributed by atoms with E-state index in [9.17, 15) is 9.18 Å². The SMILES string of the molecule is CCn1cc(CC(=O)N2CCc3c(Cl)cc(F)cc3C2)nn1. The van der Waals surface area contributed by atoms with E-state index in [1.165, 1.54) is 12.1 Å². The van der Waals surface area contributed by atoms with Crippen molar-refractivity contribution in [1.82, 2.24) is 19.9 Å². The Bertz CT molecular complexity index is 716. The first-order chi connectivity index (χ1) is 10.6. The molecule has 0 spiro atoms. The van der Waals surface area contributed by atoms with Gasteiger partial charge >= 0.3 is 0 Å². The van der Waals surface area contributed by atoms with Crippen molar-refractivity contribution in [2.45, 2.75) is 32.9 Å². The molecule has 1 aliphatic heterocycles. The van der Waals surface area contributed by atoms with Crippen molar-refractivity contribution in [3.8, 4) is 0 Å². The van der Waals surface area contributed by atoms with Crippen LogP contribution in [0, 0.1) is 5.82 Å². The number of rotatable bonds is 3. The van der Waals surface area contributed by atoms with E-state index >= 15 is 0 Å². The molecule has 0 atom stereocenters. The molecule has 0 aliphatic carbocycles. The summed E-state index contributed by atoms with van der Waals surface area (Å²) in [5, 5.41) is 8.34. The molecule has 22 heavy (non-hydrogen) atoms. The summed E-state index contributed by atoms with van der Waals surface area (Å²) in [5.74, 6) is -0.405. The molecule has 5 nitrogen and oxygen atoms in total. The van der Waals surface area contributed by atoms with Gasteiger partial charge in [0.2, 0.25) is 5.91 Å². The zero-order chi connectivity index (χ0) is 15.7. The second kappa shape index (κ2) is 6.04. The molecule has 0 N–H and O–H groups in total. The van der Waals surface area contributed by atoms with Gasteiger partial charge in [0, 0.05) is 30.9 Å². The van der Waals surface area contributed by atoms with Gasteiger partial charge in [-0.2, -0.15) is 0 Å². The first-order valence-corrected chi connectivity index (χ1v) is 7.58.